The zero-order valence-corrected chi connectivity index (χ0v) is 9.18. The number of thioether (sulfide) groups is 1. The molecule has 1 saturated heterocycles. The quantitative estimate of drug-likeness (QED) is 0.517. The molecule has 0 spiro atoms. The number of likely N-dealkylation sites (N-methyl/N-ethyl adjacent to an activating group) is 1. The summed E-state index contributed by atoms with van der Waals surface area (Å²) in [5.74, 6) is 1.10. The molecule has 1 rings (SSSR count). The minimum Gasteiger partial charge on any atom is -0.341 e. The van der Waals surface area contributed by atoms with Gasteiger partial charge in [0.1, 0.15) is 11.7 Å². The van der Waals surface area contributed by atoms with Crippen LogP contribution in [0.5, 0.6) is 0 Å². The highest BCUT2D eigenvalue weighted by Crippen LogP contribution is 2.21. The third-order valence-electron chi connectivity index (χ3n) is 2.24. The van der Waals surface area contributed by atoms with Gasteiger partial charge in [-0.15, -0.1) is 6.58 Å². The topological polar surface area (TPSA) is 37.4 Å². The van der Waals surface area contributed by atoms with Gasteiger partial charge in [0.25, 0.3) is 0 Å². The number of hydrogen-bond donors (Lipinski definition) is 0. The van der Waals surface area contributed by atoms with Crippen LogP contribution in [0.4, 0.5) is 0 Å². The Bertz CT molecular complexity index is 253. The first-order chi connectivity index (χ1) is 6.66. The lowest BCUT2D eigenvalue weighted by Crippen LogP contribution is -2.40. The Labute approximate surface area is 88.5 Å². The van der Waals surface area contributed by atoms with Crippen LogP contribution < -0.4 is 0 Å². The molecule has 1 unspecified atom stereocenters. The van der Waals surface area contributed by atoms with Crippen LogP contribution in [-0.2, 0) is 9.59 Å². The van der Waals surface area contributed by atoms with Gasteiger partial charge in [-0.05, 0) is 0 Å². The Morgan fingerprint density at radius 3 is 3.07 bits per heavy atom. The molecular formula is C10H15NO2S. The fourth-order valence-corrected chi connectivity index (χ4v) is 2.48. The summed E-state index contributed by atoms with van der Waals surface area (Å²) >= 11 is 1.68. The maximum Gasteiger partial charge on any atom is 0.234 e. The summed E-state index contributed by atoms with van der Waals surface area (Å²) in [6, 6.07) is 0. The van der Waals surface area contributed by atoms with Crippen molar-refractivity contribution in [1.29, 1.82) is 0 Å². The van der Waals surface area contributed by atoms with Crippen molar-refractivity contribution >= 4 is 23.5 Å². The lowest BCUT2D eigenvalue weighted by atomic mass is 10.0. The first-order valence-electron chi connectivity index (χ1n) is 4.63. The van der Waals surface area contributed by atoms with Crippen LogP contribution in [0.2, 0.25) is 0 Å². The SMILES string of the molecule is C=CCN(C)C(=O)C1CSCCC1=O. The molecule has 0 radical (unpaired) electrons. The minimum atomic E-state index is -0.418. The summed E-state index contributed by atoms with van der Waals surface area (Å²) in [6.45, 7) is 4.07. The predicted molar refractivity (Wildman–Crippen MR) is 58.3 cm³/mol. The second kappa shape index (κ2) is 5.20. The van der Waals surface area contributed by atoms with Crippen molar-refractivity contribution in [3.05, 3.63) is 12.7 Å². The van der Waals surface area contributed by atoms with Crippen LogP contribution in [0.3, 0.4) is 0 Å². The smallest absolute Gasteiger partial charge is 0.234 e. The van der Waals surface area contributed by atoms with Crippen LogP contribution in [-0.4, -0.2) is 41.7 Å². The van der Waals surface area contributed by atoms with E-state index in [1.54, 1.807) is 29.8 Å². The molecule has 0 aromatic carbocycles. The lowest BCUT2D eigenvalue weighted by Gasteiger charge is -2.24. The van der Waals surface area contributed by atoms with Crippen molar-refractivity contribution in [2.24, 2.45) is 5.92 Å². The van der Waals surface area contributed by atoms with Gasteiger partial charge in [0.05, 0.1) is 0 Å². The standard InChI is InChI=1S/C10H15NO2S/c1-3-5-11(2)10(13)8-7-14-6-4-9(8)12/h3,8H,1,4-7H2,2H3. The molecule has 0 aromatic heterocycles. The van der Waals surface area contributed by atoms with Crippen molar-refractivity contribution < 1.29 is 9.59 Å². The van der Waals surface area contributed by atoms with Crippen molar-refractivity contribution in [1.82, 2.24) is 4.90 Å². The lowest BCUT2D eigenvalue weighted by molar-refractivity contribution is -0.139. The predicted octanol–water partition coefficient (Wildman–Crippen LogP) is 0.953. The molecule has 1 heterocycles. The molecule has 0 aromatic rings. The Hall–Kier alpha value is -0.770. The normalized spacial score (nSPS) is 21.8. The van der Waals surface area contributed by atoms with Gasteiger partial charge in [-0.1, -0.05) is 6.08 Å². The molecule has 0 saturated carbocycles. The molecule has 0 aliphatic carbocycles. The highest BCUT2D eigenvalue weighted by molar-refractivity contribution is 7.99. The van der Waals surface area contributed by atoms with Gasteiger partial charge in [-0.3, -0.25) is 9.59 Å². The second-order valence-corrected chi connectivity index (χ2v) is 4.50. The number of nitrogens with zero attached hydrogens (tertiary/aromatic N) is 1. The van der Waals surface area contributed by atoms with E-state index in [2.05, 4.69) is 6.58 Å². The zero-order chi connectivity index (χ0) is 10.6. The maximum atomic E-state index is 11.7. The first-order valence-corrected chi connectivity index (χ1v) is 5.78. The molecule has 1 fully saturated rings. The van der Waals surface area contributed by atoms with Crippen LogP contribution in [0, 0.1) is 5.92 Å². The van der Waals surface area contributed by atoms with Crippen LogP contribution in [0.25, 0.3) is 0 Å². The average molecular weight is 213 g/mol. The highest BCUT2D eigenvalue weighted by Gasteiger charge is 2.30. The van der Waals surface area contributed by atoms with Crippen molar-refractivity contribution in [2.75, 3.05) is 25.1 Å². The van der Waals surface area contributed by atoms with E-state index in [0.29, 0.717) is 18.7 Å². The monoisotopic (exact) mass is 213 g/mol. The fraction of sp³-hybridized carbons (Fsp3) is 0.600. The molecule has 78 valence electrons. The van der Waals surface area contributed by atoms with E-state index < -0.39 is 5.92 Å². The zero-order valence-electron chi connectivity index (χ0n) is 8.36. The highest BCUT2D eigenvalue weighted by atomic mass is 32.2. The van der Waals surface area contributed by atoms with Gasteiger partial charge in [-0.25, -0.2) is 0 Å². The van der Waals surface area contributed by atoms with Crippen molar-refractivity contribution in [3.8, 4) is 0 Å². The van der Waals surface area contributed by atoms with Crippen molar-refractivity contribution in [3.63, 3.8) is 0 Å². The summed E-state index contributed by atoms with van der Waals surface area (Å²) in [5.41, 5.74) is 0. The van der Waals surface area contributed by atoms with Gasteiger partial charge < -0.3 is 4.90 Å². The van der Waals surface area contributed by atoms with E-state index in [4.69, 9.17) is 0 Å². The summed E-state index contributed by atoms with van der Waals surface area (Å²) in [5, 5.41) is 0. The van der Waals surface area contributed by atoms with Gasteiger partial charge >= 0.3 is 0 Å². The van der Waals surface area contributed by atoms with Gasteiger partial charge in [-0.2, -0.15) is 11.8 Å². The summed E-state index contributed by atoms with van der Waals surface area (Å²) in [6.07, 6.45) is 2.20. The molecule has 1 atom stereocenters. The Balaban J connectivity index is 2.57. The number of carbonyl (C=O) groups is 2. The number of Topliss-reactive ketones (excluding diaryl/α,β-unsaturated/α-hetero) is 1. The summed E-state index contributed by atoms with van der Waals surface area (Å²) in [4.78, 5) is 24.8. The Morgan fingerprint density at radius 2 is 2.50 bits per heavy atom. The van der Waals surface area contributed by atoms with E-state index in [0.717, 1.165) is 5.75 Å². The summed E-state index contributed by atoms with van der Waals surface area (Å²) < 4.78 is 0. The molecule has 1 aliphatic rings. The van der Waals surface area contributed by atoms with Crippen LogP contribution >= 0.6 is 11.8 Å². The third-order valence-corrected chi connectivity index (χ3v) is 3.31. The van der Waals surface area contributed by atoms with E-state index in [1.807, 2.05) is 0 Å². The molecule has 1 aliphatic heterocycles. The Morgan fingerprint density at radius 1 is 1.79 bits per heavy atom. The average Bonchev–Trinajstić information content (AvgIpc) is 2.18. The van der Waals surface area contributed by atoms with Crippen LogP contribution in [0.15, 0.2) is 12.7 Å². The molecule has 14 heavy (non-hydrogen) atoms. The largest absolute Gasteiger partial charge is 0.341 e. The third kappa shape index (κ3) is 2.61. The van der Waals surface area contributed by atoms with Gasteiger partial charge in [0.2, 0.25) is 5.91 Å². The number of amides is 1. The molecular weight excluding hydrogens is 198 g/mol. The summed E-state index contributed by atoms with van der Waals surface area (Å²) in [7, 11) is 1.70. The second-order valence-electron chi connectivity index (χ2n) is 3.35. The van der Waals surface area contributed by atoms with E-state index >= 15 is 0 Å². The van der Waals surface area contributed by atoms with Crippen LogP contribution in [0.1, 0.15) is 6.42 Å². The van der Waals surface area contributed by atoms with E-state index in [9.17, 15) is 9.59 Å². The minimum absolute atomic E-state index is 0.0675. The molecule has 3 nitrogen and oxygen atoms in total. The first kappa shape index (κ1) is 11.3. The van der Waals surface area contributed by atoms with E-state index in [-0.39, 0.29) is 11.7 Å². The molecule has 0 bridgehead atoms. The fourth-order valence-electron chi connectivity index (χ4n) is 1.40. The maximum absolute atomic E-state index is 11.7. The van der Waals surface area contributed by atoms with Gasteiger partial charge in [0, 0.05) is 31.5 Å². The molecule has 1 amide bonds. The number of hydrogen-bond acceptors (Lipinski definition) is 3. The van der Waals surface area contributed by atoms with E-state index in [1.165, 1.54) is 0 Å². The number of ketones is 1. The molecule has 0 N–H and O–H groups in total. The Kier molecular flexibility index (Phi) is 4.20. The van der Waals surface area contributed by atoms with Crippen molar-refractivity contribution in [2.45, 2.75) is 6.42 Å². The number of rotatable bonds is 3. The van der Waals surface area contributed by atoms with Gasteiger partial charge in [0.15, 0.2) is 0 Å². The number of carbonyl (C=O) groups excluding carboxylic acids is 2. The molecule has 4 heteroatoms.